The van der Waals surface area contributed by atoms with Gasteiger partial charge in [-0.25, -0.2) is 0 Å². The summed E-state index contributed by atoms with van der Waals surface area (Å²) in [6, 6.07) is 3.59. The highest BCUT2D eigenvalue weighted by molar-refractivity contribution is 7.85. The molecule has 1 fully saturated rings. The zero-order valence-corrected chi connectivity index (χ0v) is 16.7. The number of hydrogen-bond donors (Lipinski definition) is 0. The Morgan fingerprint density at radius 2 is 1.85 bits per heavy atom. The molecule has 7 heteroatoms. The van der Waals surface area contributed by atoms with E-state index in [0.29, 0.717) is 29.7 Å². The van der Waals surface area contributed by atoms with E-state index in [1.54, 1.807) is 13.0 Å². The third-order valence-corrected chi connectivity index (χ3v) is 6.72. The Morgan fingerprint density at radius 1 is 1.15 bits per heavy atom. The van der Waals surface area contributed by atoms with Crippen LogP contribution >= 0.6 is 11.6 Å². The fraction of sp³-hybridized carbons (Fsp3) is 0.632. The van der Waals surface area contributed by atoms with Gasteiger partial charge in [-0.05, 0) is 37.5 Å². The van der Waals surface area contributed by atoms with Crippen molar-refractivity contribution in [1.82, 2.24) is 4.90 Å². The van der Waals surface area contributed by atoms with Gasteiger partial charge in [0.15, 0.2) is 11.5 Å². The molecule has 0 unspecified atom stereocenters. The number of benzene rings is 1. The Labute approximate surface area is 162 Å². The molecule has 0 aromatic heterocycles. The van der Waals surface area contributed by atoms with Crippen LogP contribution in [-0.2, 0) is 21.3 Å². The molecule has 0 N–H and O–H groups in total. The lowest BCUT2D eigenvalue weighted by Crippen LogP contribution is -2.40. The lowest BCUT2D eigenvalue weighted by Gasteiger charge is -2.24. The van der Waals surface area contributed by atoms with Gasteiger partial charge in [0.05, 0.1) is 18.2 Å². The smallest absolute Gasteiger partial charge is 0.238 e. The molecule has 0 saturated carbocycles. The average Bonchev–Trinajstić information content (AvgIpc) is 3.03. The Bertz CT molecular complexity index is 674. The molecule has 1 saturated heterocycles. The molecule has 1 aromatic rings. The molecule has 0 aliphatic carbocycles. The summed E-state index contributed by atoms with van der Waals surface area (Å²) in [6.07, 6.45) is 5.19. The molecule has 0 bridgehead atoms. The number of nitrogens with zero attached hydrogens (tertiary/aromatic N) is 1. The summed E-state index contributed by atoms with van der Waals surface area (Å²) in [5.74, 6) is 1.41. The molecule has 3 rings (SSSR count). The molecule has 0 radical (unpaired) electrons. The third-order valence-electron chi connectivity index (χ3n) is 4.83. The molecule has 5 nitrogen and oxygen atoms in total. The van der Waals surface area contributed by atoms with Crippen molar-refractivity contribution in [1.29, 1.82) is 0 Å². The average molecular weight is 400 g/mol. The van der Waals surface area contributed by atoms with Crippen LogP contribution in [0, 0.1) is 0 Å². The lowest BCUT2D eigenvalue weighted by atomic mass is 10.2. The first-order valence-electron chi connectivity index (χ1n) is 9.30. The maximum absolute atomic E-state index is 12.8. The maximum atomic E-state index is 12.8. The number of amides is 1. The molecule has 0 spiro atoms. The van der Waals surface area contributed by atoms with Crippen molar-refractivity contribution in [2.24, 2.45) is 0 Å². The first-order chi connectivity index (χ1) is 12.6. The van der Waals surface area contributed by atoms with Crippen molar-refractivity contribution >= 4 is 28.3 Å². The SMILES string of the molecule is C[C@@H](C(=O)N1CCCCCC1)[S@@](=O)Cc1cc(Cl)c2c(c1)OCCCO2. The monoisotopic (exact) mass is 399 g/mol. The summed E-state index contributed by atoms with van der Waals surface area (Å²) >= 11 is 6.31. The summed E-state index contributed by atoms with van der Waals surface area (Å²) in [7, 11) is -1.31. The van der Waals surface area contributed by atoms with Gasteiger partial charge in [0.1, 0.15) is 5.25 Å². The van der Waals surface area contributed by atoms with E-state index in [1.165, 1.54) is 0 Å². The number of carbonyl (C=O) groups excluding carboxylic acids is 1. The molecule has 1 amide bonds. The van der Waals surface area contributed by atoms with Gasteiger partial charge in [-0.1, -0.05) is 24.4 Å². The number of halogens is 1. The predicted molar refractivity (Wildman–Crippen MR) is 103 cm³/mol. The highest BCUT2D eigenvalue weighted by atomic mass is 35.5. The van der Waals surface area contributed by atoms with Crippen molar-refractivity contribution in [3.63, 3.8) is 0 Å². The van der Waals surface area contributed by atoms with E-state index in [9.17, 15) is 9.00 Å². The molecule has 26 heavy (non-hydrogen) atoms. The molecule has 2 aliphatic heterocycles. The topological polar surface area (TPSA) is 55.8 Å². The maximum Gasteiger partial charge on any atom is 0.238 e. The predicted octanol–water partition coefficient (Wildman–Crippen LogP) is 3.54. The van der Waals surface area contributed by atoms with Crippen molar-refractivity contribution in [2.75, 3.05) is 26.3 Å². The molecule has 144 valence electrons. The first kappa shape index (κ1) is 19.5. The van der Waals surface area contributed by atoms with Crippen molar-refractivity contribution < 1.29 is 18.5 Å². The lowest BCUT2D eigenvalue weighted by molar-refractivity contribution is -0.130. The van der Waals surface area contributed by atoms with E-state index < -0.39 is 16.0 Å². The Hall–Kier alpha value is -1.27. The van der Waals surface area contributed by atoms with E-state index in [1.807, 2.05) is 11.0 Å². The van der Waals surface area contributed by atoms with Crippen LogP contribution in [0.15, 0.2) is 12.1 Å². The number of likely N-dealkylation sites (tertiary alicyclic amines) is 1. The quantitative estimate of drug-likeness (QED) is 0.777. The number of fused-ring (bicyclic) bond motifs is 1. The van der Waals surface area contributed by atoms with E-state index >= 15 is 0 Å². The van der Waals surface area contributed by atoms with Gasteiger partial charge in [-0.3, -0.25) is 9.00 Å². The zero-order chi connectivity index (χ0) is 18.5. The van der Waals surface area contributed by atoms with Gasteiger partial charge in [0, 0.05) is 36.1 Å². The van der Waals surface area contributed by atoms with Crippen LogP contribution in [0.25, 0.3) is 0 Å². The normalized spacial score (nSPS) is 20.0. The minimum Gasteiger partial charge on any atom is -0.489 e. The van der Waals surface area contributed by atoms with E-state index in [4.69, 9.17) is 21.1 Å². The second-order valence-corrected chi connectivity index (χ2v) is 9.03. The van der Waals surface area contributed by atoms with Crippen LogP contribution in [0.5, 0.6) is 11.5 Å². The fourth-order valence-corrected chi connectivity index (χ4v) is 4.72. The minimum absolute atomic E-state index is 0.00864. The first-order valence-corrected chi connectivity index (χ1v) is 11.1. The fourth-order valence-electron chi connectivity index (χ4n) is 3.32. The highest BCUT2D eigenvalue weighted by Gasteiger charge is 2.26. The van der Waals surface area contributed by atoms with E-state index in [-0.39, 0.29) is 11.7 Å². The number of rotatable bonds is 4. The molecule has 2 aliphatic rings. The largest absolute Gasteiger partial charge is 0.489 e. The number of hydrogen-bond acceptors (Lipinski definition) is 4. The van der Waals surface area contributed by atoms with Gasteiger partial charge in [-0.2, -0.15) is 0 Å². The Balaban J connectivity index is 1.68. The van der Waals surface area contributed by atoms with E-state index in [0.717, 1.165) is 50.8 Å². The molecule has 1 aromatic carbocycles. The summed E-state index contributed by atoms with van der Waals surface area (Å²) in [5.41, 5.74) is 0.799. The van der Waals surface area contributed by atoms with Crippen LogP contribution < -0.4 is 9.47 Å². The van der Waals surface area contributed by atoms with Crippen molar-refractivity contribution in [3.8, 4) is 11.5 Å². The van der Waals surface area contributed by atoms with Crippen molar-refractivity contribution in [3.05, 3.63) is 22.7 Å². The van der Waals surface area contributed by atoms with Gasteiger partial charge in [0.2, 0.25) is 5.91 Å². The Morgan fingerprint density at radius 3 is 2.58 bits per heavy atom. The van der Waals surface area contributed by atoms with Gasteiger partial charge < -0.3 is 14.4 Å². The van der Waals surface area contributed by atoms with Crippen LogP contribution in [0.3, 0.4) is 0 Å². The number of carbonyl (C=O) groups is 1. The summed E-state index contributed by atoms with van der Waals surface area (Å²) in [5, 5.41) is -0.0641. The Kier molecular flexibility index (Phi) is 6.81. The van der Waals surface area contributed by atoms with Crippen LogP contribution in [0.1, 0.15) is 44.6 Å². The summed E-state index contributed by atoms with van der Waals surface area (Å²) < 4.78 is 24.1. The van der Waals surface area contributed by atoms with Crippen molar-refractivity contribution in [2.45, 2.75) is 50.0 Å². The minimum atomic E-state index is -1.31. The van der Waals surface area contributed by atoms with Crippen LogP contribution in [-0.4, -0.2) is 46.6 Å². The van der Waals surface area contributed by atoms with Crippen LogP contribution in [0.2, 0.25) is 5.02 Å². The zero-order valence-electron chi connectivity index (χ0n) is 15.2. The van der Waals surface area contributed by atoms with Gasteiger partial charge in [0.25, 0.3) is 0 Å². The van der Waals surface area contributed by atoms with Crippen LogP contribution in [0.4, 0.5) is 0 Å². The molecular formula is C19H26ClNO4S. The standard InChI is InChI=1S/C19H26ClNO4S/c1-14(19(22)21-7-4-2-3-5-8-21)26(23)13-15-11-16(20)18-17(12-15)24-9-6-10-25-18/h11-12,14H,2-10,13H2,1H3/t14-,26-/m0/s1. The summed E-state index contributed by atoms with van der Waals surface area (Å²) in [4.78, 5) is 14.6. The van der Waals surface area contributed by atoms with Gasteiger partial charge >= 0.3 is 0 Å². The third kappa shape index (κ3) is 4.71. The summed E-state index contributed by atoms with van der Waals surface area (Å²) in [6.45, 7) is 4.44. The number of ether oxygens (including phenoxy) is 2. The van der Waals surface area contributed by atoms with E-state index in [2.05, 4.69) is 0 Å². The van der Waals surface area contributed by atoms with Gasteiger partial charge in [-0.15, -0.1) is 0 Å². The highest BCUT2D eigenvalue weighted by Crippen LogP contribution is 2.38. The second kappa shape index (κ2) is 9.09. The molecule has 2 heterocycles. The molecular weight excluding hydrogens is 374 g/mol. The molecule has 2 atom stereocenters. The second-order valence-electron chi connectivity index (χ2n) is 6.86.